The Balaban J connectivity index is 2.08. The van der Waals surface area contributed by atoms with E-state index in [2.05, 4.69) is 5.32 Å². The summed E-state index contributed by atoms with van der Waals surface area (Å²) in [6.07, 6.45) is -3.76. The van der Waals surface area contributed by atoms with Crippen molar-refractivity contribution in [2.45, 2.75) is 100 Å². The third-order valence-electron chi connectivity index (χ3n) is 6.17. The average molecular weight is 492 g/mol. The first kappa shape index (κ1) is 28.7. The van der Waals surface area contributed by atoms with Gasteiger partial charge in [-0.15, -0.1) is 0 Å². The second-order valence-electron chi connectivity index (χ2n) is 8.83. The van der Waals surface area contributed by atoms with E-state index in [0.29, 0.717) is 25.7 Å². The van der Waals surface area contributed by atoms with Gasteiger partial charge in [0.15, 0.2) is 6.29 Å². The number of ether oxygens (including phenoxy) is 3. The van der Waals surface area contributed by atoms with Crippen molar-refractivity contribution in [2.75, 3.05) is 7.05 Å². The molecule has 1 saturated heterocycles. The van der Waals surface area contributed by atoms with Gasteiger partial charge in [0.1, 0.15) is 23.3 Å². The van der Waals surface area contributed by atoms with E-state index in [0.717, 1.165) is 0 Å². The normalized spacial score (nSPS) is 36.4. The molecule has 1 aliphatic carbocycles. The molecule has 5 unspecified atom stereocenters. The molecule has 0 radical (unpaired) electrons. The Hall–Kier alpha value is -1.52. The van der Waals surface area contributed by atoms with Gasteiger partial charge in [-0.1, -0.05) is 6.92 Å². The van der Waals surface area contributed by atoms with Crippen molar-refractivity contribution in [1.82, 2.24) is 5.32 Å². The molecule has 2 aliphatic rings. The first-order chi connectivity index (χ1) is 16.0. The summed E-state index contributed by atoms with van der Waals surface area (Å²) in [5.41, 5.74) is 23.6. The zero-order valence-electron chi connectivity index (χ0n) is 19.7. The number of nitrogens with one attached hydrogen (secondary N) is 1. The predicted octanol–water partition coefficient (Wildman–Crippen LogP) is -2.17. The van der Waals surface area contributed by atoms with Crippen LogP contribution in [0.25, 0.3) is 0 Å². The van der Waals surface area contributed by atoms with Crippen LogP contribution in [0.3, 0.4) is 0 Å². The number of hydrogen-bond donors (Lipinski definition) is 10. The molecule has 10 atom stereocenters. The van der Waals surface area contributed by atoms with Crippen molar-refractivity contribution >= 4 is 0 Å². The SMILES string of the molecule is CC[C@@H](N)/C=C(/O)[C@H](O)OC(O)/C(NC)=C(\O)C1CCC(N)[C@@H](O[C@H]2CC(O)[C@H](N)CC2N)O1. The van der Waals surface area contributed by atoms with Crippen LogP contribution in [0.4, 0.5) is 0 Å². The summed E-state index contributed by atoms with van der Waals surface area (Å²) in [5.74, 6) is -0.950. The lowest BCUT2D eigenvalue weighted by Crippen LogP contribution is -2.56. The van der Waals surface area contributed by atoms with Crippen LogP contribution < -0.4 is 28.3 Å². The Morgan fingerprint density at radius 3 is 2.38 bits per heavy atom. The van der Waals surface area contributed by atoms with E-state index in [1.165, 1.54) is 13.1 Å². The van der Waals surface area contributed by atoms with Crippen molar-refractivity contribution in [3.8, 4) is 0 Å². The van der Waals surface area contributed by atoms with Crippen molar-refractivity contribution in [1.29, 1.82) is 0 Å². The predicted molar refractivity (Wildman–Crippen MR) is 123 cm³/mol. The number of likely N-dealkylation sites (N-methyl/N-ethyl adjacent to an activating group) is 1. The summed E-state index contributed by atoms with van der Waals surface area (Å²) in [7, 11) is 1.43. The molecule has 198 valence electrons. The van der Waals surface area contributed by atoms with E-state index in [1.807, 2.05) is 0 Å². The van der Waals surface area contributed by atoms with Gasteiger partial charge in [0.2, 0.25) is 12.6 Å². The summed E-state index contributed by atoms with van der Waals surface area (Å²) < 4.78 is 16.8. The van der Waals surface area contributed by atoms with Crippen molar-refractivity contribution in [3.05, 3.63) is 23.3 Å². The molecule has 0 aromatic heterocycles. The van der Waals surface area contributed by atoms with Gasteiger partial charge in [0.25, 0.3) is 0 Å². The van der Waals surface area contributed by atoms with Crippen LogP contribution >= 0.6 is 0 Å². The highest BCUT2D eigenvalue weighted by atomic mass is 16.7. The standard InChI is InChI=1S/C21H41N5O8/c1-3-9(22)6-14(28)19(30)34-20(31)17(26-2)18(29)15-5-4-10(23)21(32-15)33-16-8-13(27)11(24)7-12(16)25/h6,9-13,15-16,19-21,26-31H,3-5,7-8,22-25H2,1-2H3/b14-6+,18-17+/t9-,10?,11-,12?,13?,15?,16+,19-,20?,21-/m1/s1. The fourth-order valence-corrected chi connectivity index (χ4v) is 3.92. The number of aliphatic hydroxyl groups is 5. The quantitative estimate of drug-likeness (QED) is 0.116. The van der Waals surface area contributed by atoms with Gasteiger partial charge in [-0.05, 0) is 31.8 Å². The van der Waals surface area contributed by atoms with Gasteiger partial charge in [-0.25, -0.2) is 0 Å². The van der Waals surface area contributed by atoms with Gasteiger partial charge >= 0.3 is 0 Å². The van der Waals surface area contributed by atoms with Gasteiger partial charge < -0.3 is 68.0 Å². The smallest absolute Gasteiger partial charge is 0.216 e. The molecule has 2 fully saturated rings. The van der Waals surface area contributed by atoms with Crippen LogP contribution in [-0.2, 0) is 14.2 Å². The largest absolute Gasteiger partial charge is 0.508 e. The minimum Gasteiger partial charge on any atom is -0.508 e. The minimum atomic E-state index is -1.87. The number of rotatable bonds is 10. The lowest BCUT2D eigenvalue weighted by atomic mass is 9.87. The highest BCUT2D eigenvalue weighted by Crippen LogP contribution is 2.29. The molecule has 1 aliphatic heterocycles. The zero-order valence-corrected chi connectivity index (χ0v) is 19.7. The lowest BCUT2D eigenvalue weighted by Gasteiger charge is -2.41. The van der Waals surface area contributed by atoms with Crippen LogP contribution in [0.15, 0.2) is 23.3 Å². The molecule has 0 aromatic carbocycles. The fourth-order valence-electron chi connectivity index (χ4n) is 3.92. The lowest BCUT2D eigenvalue weighted by molar-refractivity contribution is -0.232. The van der Waals surface area contributed by atoms with Crippen molar-refractivity contribution < 1.29 is 39.7 Å². The Morgan fingerprint density at radius 2 is 1.76 bits per heavy atom. The summed E-state index contributed by atoms with van der Waals surface area (Å²) in [6, 6.07) is -1.86. The molecular weight excluding hydrogens is 450 g/mol. The van der Waals surface area contributed by atoms with E-state index in [4.69, 9.17) is 37.1 Å². The van der Waals surface area contributed by atoms with Crippen LogP contribution in [-0.4, -0.2) is 93.9 Å². The Labute approximate surface area is 199 Å². The highest BCUT2D eigenvalue weighted by molar-refractivity contribution is 5.13. The maximum absolute atomic E-state index is 10.8. The second-order valence-corrected chi connectivity index (χ2v) is 8.83. The van der Waals surface area contributed by atoms with Gasteiger partial charge in [0.05, 0.1) is 18.2 Å². The molecule has 13 heteroatoms. The minimum absolute atomic E-state index is 0.179. The Bertz CT molecular complexity index is 711. The van der Waals surface area contributed by atoms with Crippen LogP contribution in [0.1, 0.15) is 39.0 Å². The molecule has 0 amide bonds. The fraction of sp³-hybridized carbons (Fsp3) is 0.810. The van der Waals surface area contributed by atoms with E-state index in [9.17, 15) is 25.5 Å². The Kier molecular flexibility index (Phi) is 11.0. The van der Waals surface area contributed by atoms with Crippen LogP contribution in [0.5, 0.6) is 0 Å². The Morgan fingerprint density at radius 1 is 1.09 bits per heavy atom. The number of nitrogens with two attached hydrogens (primary N) is 4. The summed E-state index contributed by atoms with van der Waals surface area (Å²) in [6.45, 7) is 1.79. The molecule has 13 nitrogen and oxygen atoms in total. The first-order valence-corrected chi connectivity index (χ1v) is 11.5. The molecule has 1 heterocycles. The van der Waals surface area contributed by atoms with E-state index < -0.39 is 67.1 Å². The first-order valence-electron chi connectivity index (χ1n) is 11.5. The van der Waals surface area contributed by atoms with E-state index in [1.54, 1.807) is 6.92 Å². The molecule has 0 bridgehead atoms. The van der Waals surface area contributed by atoms with Gasteiger partial charge in [0, 0.05) is 31.6 Å². The van der Waals surface area contributed by atoms with E-state index in [-0.39, 0.29) is 17.9 Å². The van der Waals surface area contributed by atoms with Crippen LogP contribution in [0.2, 0.25) is 0 Å². The maximum atomic E-state index is 10.8. The molecule has 34 heavy (non-hydrogen) atoms. The van der Waals surface area contributed by atoms with Gasteiger partial charge in [-0.3, -0.25) is 0 Å². The zero-order chi connectivity index (χ0) is 25.6. The van der Waals surface area contributed by atoms with Gasteiger partial charge in [-0.2, -0.15) is 0 Å². The van der Waals surface area contributed by atoms with Crippen LogP contribution in [0, 0.1) is 0 Å². The van der Waals surface area contributed by atoms with Crippen molar-refractivity contribution in [2.24, 2.45) is 22.9 Å². The van der Waals surface area contributed by atoms with Crippen molar-refractivity contribution in [3.63, 3.8) is 0 Å². The summed E-state index contributed by atoms with van der Waals surface area (Å²) >= 11 is 0. The molecule has 0 spiro atoms. The molecular formula is C21H41N5O8. The monoisotopic (exact) mass is 491 g/mol. The second kappa shape index (κ2) is 13.0. The average Bonchev–Trinajstić information content (AvgIpc) is 2.78. The number of hydrogen-bond acceptors (Lipinski definition) is 13. The highest BCUT2D eigenvalue weighted by Gasteiger charge is 2.39. The summed E-state index contributed by atoms with van der Waals surface area (Å²) in [5, 5.41) is 53.7. The third-order valence-corrected chi connectivity index (χ3v) is 6.17. The molecule has 2 rings (SSSR count). The third kappa shape index (κ3) is 7.49. The van der Waals surface area contributed by atoms with E-state index >= 15 is 0 Å². The topological polar surface area (TPSA) is 245 Å². The maximum Gasteiger partial charge on any atom is 0.216 e. The number of aliphatic hydroxyl groups excluding tert-OH is 5. The summed E-state index contributed by atoms with van der Waals surface area (Å²) in [4.78, 5) is 0. The molecule has 14 N–H and O–H groups in total. The molecule has 1 saturated carbocycles. The molecule has 0 aromatic rings.